The van der Waals surface area contributed by atoms with E-state index >= 15 is 0 Å². The summed E-state index contributed by atoms with van der Waals surface area (Å²) >= 11 is 6.26. The Morgan fingerprint density at radius 3 is 2.00 bits per heavy atom. The van der Waals surface area contributed by atoms with Gasteiger partial charge in [-0.15, -0.1) is 12.4 Å². The number of benzene rings is 3. The molecule has 0 amide bonds. The molecule has 0 unspecified atom stereocenters. The van der Waals surface area contributed by atoms with Gasteiger partial charge in [0.25, 0.3) is 0 Å². The first-order valence-corrected chi connectivity index (χ1v) is 8.32. The second-order valence-electron chi connectivity index (χ2n) is 5.85. The van der Waals surface area contributed by atoms with Gasteiger partial charge in [-0.3, -0.25) is 0 Å². The first-order chi connectivity index (χ1) is 11.7. The van der Waals surface area contributed by atoms with E-state index in [1.165, 1.54) is 16.7 Å². The second kappa shape index (κ2) is 7.26. The van der Waals surface area contributed by atoms with Crippen molar-refractivity contribution in [2.45, 2.75) is 6.92 Å². The molecule has 0 atom stereocenters. The molecule has 1 heterocycles. The molecular formula is C22H17Cl2N. The zero-order valence-electron chi connectivity index (χ0n) is 13.7. The average Bonchev–Trinajstić information content (AvgIpc) is 2.63. The summed E-state index contributed by atoms with van der Waals surface area (Å²) in [5, 5.41) is 1.82. The van der Waals surface area contributed by atoms with Crippen LogP contribution in [-0.4, -0.2) is 4.98 Å². The van der Waals surface area contributed by atoms with Gasteiger partial charge in [0.05, 0.1) is 11.2 Å². The lowest BCUT2D eigenvalue weighted by molar-refractivity contribution is 1.33. The Morgan fingerprint density at radius 1 is 0.760 bits per heavy atom. The van der Waals surface area contributed by atoms with Gasteiger partial charge in [-0.05, 0) is 41.8 Å². The van der Waals surface area contributed by atoms with E-state index in [4.69, 9.17) is 16.6 Å². The topological polar surface area (TPSA) is 12.9 Å². The Balaban J connectivity index is 0.00000182. The molecule has 3 aromatic carbocycles. The molecule has 0 N–H and O–H groups in total. The molecule has 0 radical (unpaired) electrons. The van der Waals surface area contributed by atoms with Crippen LogP contribution in [0, 0.1) is 6.92 Å². The predicted octanol–water partition coefficient (Wildman–Crippen LogP) is 6.95. The highest BCUT2D eigenvalue weighted by Crippen LogP contribution is 2.37. The molecule has 25 heavy (non-hydrogen) atoms. The molecule has 0 aliphatic carbocycles. The molecule has 3 heteroatoms. The maximum absolute atomic E-state index is 6.26. The zero-order chi connectivity index (χ0) is 16.5. The largest absolute Gasteiger partial charge is 0.247 e. The summed E-state index contributed by atoms with van der Waals surface area (Å²) in [6.07, 6.45) is 0. The summed E-state index contributed by atoms with van der Waals surface area (Å²) in [4.78, 5) is 4.91. The fourth-order valence-corrected chi connectivity index (χ4v) is 3.36. The fourth-order valence-electron chi connectivity index (χ4n) is 3.18. The number of hydrogen-bond donors (Lipinski definition) is 0. The molecule has 0 spiro atoms. The number of aromatic nitrogens is 1. The van der Waals surface area contributed by atoms with Crippen LogP contribution in [0.3, 0.4) is 0 Å². The summed E-state index contributed by atoms with van der Waals surface area (Å²) < 4.78 is 0. The van der Waals surface area contributed by atoms with Crippen molar-refractivity contribution in [3.05, 3.63) is 89.4 Å². The minimum atomic E-state index is 0. The van der Waals surface area contributed by atoms with E-state index in [9.17, 15) is 0 Å². The third kappa shape index (κ3) is 3.26. The first-order valence-electron chi connectivity index (χ1n) is 7.95. The number of rotatable bonds is 2. The smallest absolute Gasteiger partial charge is 0.0745 e. The Labute approximate surface area is 158 Å². The number of pyridine rings is 1. The van der Waals surface area contributed by atoms with Crippen molar-refractivity contribution in [1.29, 1.82) is 0 Å². The van der Waals surface area contributed by atoms with Crippen molar-refractivity contribution in [2.75, 3.05) is 0 Å². The number of nitrogens with zero attached hydrogens (tertiary/aromatic N) is 1. The lowest BCUT2D eigenvalue weighted by Crippen LogP contribution is -1.95. The summed E-state index contributed by atoms with van der Waals surface area (Å²) in [6.45, 7) is 2.14. The second-order valence-corrected chi connectivity index (χ2v) is 6.29. The minimum absolute atomic E-state index is 0. The van der Waals surface area contributed by atoms with Crippen LogP contribution in [0.2, 0.25) is 5.02 Å². The van der Waals surface area contributed by atoms with Gasteiger partial charge in [0.1, 0.15) is 0 Å². The molecule has 0 fully saturated rings. The Morgan fingerprint density at radius 2 is 1.36 bits per heavy atom. The van der Waals surface area contributed by atoms with E-state index in [2.05, 4.69) is 43.3 Å². The lowest BCUT2D eigenvalue weighted by Gasteiger charge is -2.15. The normalized spacial score (nSPS) is 10.5. The van der Waals surface area contributed by atoms with Crippen LogP contribution in [0.5, 0.6) is 0 Å². The molecule has 0 bridgehead atoms. The van der Waals surface area contributed by atoms with Gasteiger partial charge in [0, 0.05) is 16.0 Å². The van der Waals surface area contributed by atoms with E-state index in [0.29, 0.717) is 0 Å². The molecule has 0 aliphatic rings. The monoisotopic (exact) mass is 365 g/mol. The van der Waals surface area contributed by atoms with Crippen LogP contribution in [0.15, 0.2) is 78.9 Å². The number of hydrogen-bond acceptors (Lipinski definition) is 1. The third-order valence-corrected chi connectivity index (χ3v) is 4.54. The van der Waals surface area contributed by atoms with Crippen LogP contribution in [-0.2, 0) is 0 Å². The van der Waals surface area contributed by atoms with Crippen molar-refractivity contribution >= 4 is 34.9 Å². The average molecular weight is 366 g/mol. The standard InChI is InChI=1S/C22H16ClN.ClH/c1-15-21(16-8-4-2-5-9-16)19-14-18(23)12-13-20(19)24-22(15)17-10-6-3-7-11-17;/h2-14H,1H3;1H. The van der Waals surface area contributed by atoms with Gasteiger partial charge in [-0.2, -0.15) is 0 Å². The quantitative estimate of drug-likeness (QED) is 0.374. The van der Waals surface area contributed by atoms with Crippen LogP contribution in [0.1, 0.15) is 5.56 Å². The van der Waals surface area contributed by atoms with Gasteiger partial charge >= 0.3 is 0 Å². The van der Waals surface area contributed by atoms with E-state index in [1.54, 1.807) is 0 Å². The number of halogens is 2. The predicted molar refractivity (Wildman–Crippen MR) is 110 cm³/mol. The molecule has 0 aliphatic heterocycles. The summed E-state index contributed by atoms with van der Waals surface area (Å²) in [6, 6.07) is 26.7. The number of fused-ring (bicyclic) bond motifs is 1. The molecule has 0 saturated heterocycles. The summed E-state index contributed by atoms with van der Waals surface area (Å²) in [7, 11) is 0. The third-order valence-electron chi connectivity index (χ3n) is 4.30. The van der Waals surface area contributed by atoms with E-state index in [0.717, 1.165) is 27.2 Å². The minimum Gasteiger partial charge on any atom is -0.247 e. The van der Waals surface area contributed by atoms with Crippen LogP contribution >= 0.6 is 24.0 Å². The maximum Gasteiger partial charge on any atom is 0.0745 e. The highest BCUT2D eigenvalue weighted by Gasteiger charge is 2.14. The maximum atomic E-state index is 6.26. The Hall–Kier alpha value is -2.35. The van der Waals surface area contributed by atoms with E-state index in [-0.39, 0.29) is 12.4 Å². The highest BCUT2D eigenvalue weighted by atomic mass is 35.5. The zero-order valence-corrected chi connectivity index (χ0v) is 15.3. The molecular weight excluding hydrogens is 349 g/mol. The van der Waals surface area contributed by atoms with Gasteiger partial charge in [-0.1, -0.05) is 72.3 Å². The van der Waals surface area contributed by atoms with Gasteiger partial charge < -0.3 is 0 Å². The SMILES string of the molecule is Cc1c(-c2ccccc2)nc2ccc(Cl)cc2c1-c1ccccc1.Cl. The van der Waals surface area contributed by atoms with Crippen LogP contribution in [0.4, 0.5) is 0 Å². The molecule has 4 rings (SSSR count). The van der Waals surface area contributed by atoms with Crippen LogP contribution < -0.4 is 0 Å². The van der Waals surface area contributed by atoms with Gasteiger partial charge in [-0.25, -0.2) is 4.98 Å². The van der Waals surface area contributed by atoms with Crippen molar-refractivity contribution in [3.8, 4) is 22.4 Å². The lowest BCUT2D eigenvalue weighted by atomic mass is 9.93. The molecule has 4 aromatic rings. The Kier molecular flexibility index (Phi) is 5.08. The van der Waals surface area contributed by atoms with Crippen molar-refractivity contribution in [1.82, 2.24) is 4.98 Å². The van der Waals surface area contributed by atoms with Gasteiger partial charge in [0.15, 0.2) is 0 Å². The van der Waals surface area contributed by atoms with Crippen molar-refractivity contribution in [3.63, 3.8) is 0 Å². The summed E-state index contributed by atoms with van der Waals surface area (Å²) in [5.74, 6) is 0. The van der Waals surface area contributed by atoms with Crippen LogP contribution in [0.25, 0.3) is 33.3 Å². The fraction of sp³-hybridized carbons (Fsp3) is 0.0455. The van der Waals surface area contributed by atoms with Crippen molar-refractivity contribution in [2.24, 2.45) is 0 Å². The summed E-state index contributed by atoms with van der Waals surface area (Å²) in [5.41, 5.74) is 6.65. The Bertz CT molecular complexity index is 1010. The van der Waals surface area contributed by atoms with Gasteiger partial charge in [0.2, 0.25) is 0 Å². The molecule has 1 aromatic heterocycles. The van der Waals surface area contributed by atoms with E-state index < -0.39 is 0 Å². The van der Waals surface area contributed by atoms with E-state index in [1.807, 2.05) is 42.5 Å². The highest BCUT2D eigenvalue weighted by molar-refractivity contribution is 6.31. The van der Waals surface area contributed by atoms with Crippen molar-refractivity contribution < 1.29 is 0 Å². The molecule has 124 valence electrons. The first kappa shape index (κ1) is 17.5. The molecule has 1 nitrogen and oxygen atoms in total. The molecule has 0 saturated carbocycles.